The van der Waals surface area contributed by atoms with Gasteiger partial charge in [-0.05, 0) is 33.1 Å². The van der Waals surface area contributed by atoms with Crippen molar-refractivity contribution < 1.29 is 4.52 Å². The number of rotatable bonds is 3. The van der Waals surface area contributed by atoms with Gasteiger partial charge in [-0.1, -0.05) is 5.16 Å². The minimum Gasteiger partial charge on any atom is -0.365 e. The number of fused-ring (bicyclic) bond motifs is 1. The van der Waals surface area contributed by atoms with E-state index in [0.29, 0.717) is 6.54 Å². The van der Waals surface area contributed by atoms with Crippen LogP contribution in [0.3, 0.4) is 0 Å². The Morgan fingerprint density at radius 1 is 1.28 bits per heavy atom. The summed E-state index contributed by atoms with van der Waals surface area (Å²) in [5.41, 5.74) is 4.50. The first kappa shape index (κ1) is 11.2. The molecule has 0 fully saturated rings. The molecule has 5 nitrogen and oxygen atoms in total. The lowest BCUT2D eigenvalue weighted by Gasteiger charge is -2.09. The molecule has 2 heterocycles. The van der Waals surface area contributed by atoms with Gasteiger partial charge in [0.15, 0.2) is 0 Å². The molecule has 0 saturated heterocycles. The number of hydrogen-bond acceptors (Lipinski definition) is 5. The molecule has 0 aromatic carbocycles. The van der Waals surface area contributed by atoms with Crippen LogP contribution in [0.1, 0.15) is 34.7 Å². The maximum Gasteiger partial charge on any atom is 0.138 e. The summed E-state index contributed by atoms with van der Waals surface area (Å²) in [6, 6.07) is 0. The molecule has 0 spiro atoms. The fraction of sp³-hybridized carbons (Fsp3) is 0.462. The second-order valence-corrected chi connectivity index (χ2v) is 4.66. The van der Waals surface area contributed by atoms with E-state index >= 15 is 0 Å². The van der Waals surface area contributed by atoms with Crippen LogP contribution >= 0.6 is 0 Å². The minimum absolute atomic E-state index is 0.699. The van der Waals surface area contributed by atoms with Crippen molar-refractivity contribution in [2.45, 2.75) is 39.7 Å². The van der Waals surface area contributed by atoms with Crippen molar-refractivity contribution in [1.29, 1.82) is 0 Å². The molecule has 0 bridgehead atoms. The summed E-state index contributed by atoms with van der Waals surface area (Å²) in [5.74, 6) is 1.82. The van der Waals surface area contributed by atoms with Gasteiger partial charge in [0, 0.05) is 23.4 Å². The summed E-state index contributed by atoms with van der Waals surface area (Å²) in [6.45, 7) is 4.59. The molecule has 18 heavy (non-hydrogen) atoms. The largest absolute Gasteiger partial charge is 0.365 e. The van der Waals surface area contributed by atoms with Crippen LogP contribution in [0.15, 0.2) is 10.9 Å². The van der Waals surface area contributed by atoms with E-state index in [9.17, 15) is 0 Å². The summed E-state index contributed by atoms with van der Waals surface area (Å²) in [5, 5.41) is 7.33. The van der Waals surface area contributed by atoms with Crippen LogP contribution in [-0.2, 0) is 19.4 Å². The Morgan fingerprint density at radius 2 is 2.17 bits per heavy atom. The monoisotopic (exact) mass is 244 g/mol. The van der Waals surface area contributed by atoms with Gasteiger partial charge >= 0.3 is 0 Å². The van der Waals surface area contributed by atoms with Crippen LogP contribution in [0.25, 0.3) is 0 Å². The molecule has 1 N–H and O–H groups in total. The van der Waals surface area contributed by atoms with E-state index in [2.05, 4.69) is 20.4 Å². The highest BCUT2D eigenvalue weighted by Crippen LogP contribution is 2.25. The van der Waals surface area contributed by atoms with Gasteiger partial charge in [-0.25, -0.2) is 9.97 Å². The Kier molecular flexibility index (Phi) is 2.74. The van der Waals surface area contributed by atoms with E-state index < -0.39 is 0 Å². The molecular weight excluding hydrogens is 228 g/mol. The number of anilines is 1. The first-order valence-electron chi connectivity index (χ1n) is 6.24. The fourth-order valence-electron chi connectivity index (χ4n) is 2.44. The molecule has 94 valence electrons. The van der Waals surface area contributed by atoms with Gasteiger partial charge in [-0.3, -0.25) is 0 Å². The van der Waals surface area contributed by atoms with E-state index in [1.807, 2.05) is 13.8 Å². The first-order chi connectivity index (χ1) is 8.75. The topological polar surface area (TPSA) is 63.8 Å². The van der Waals surface area contributed by atoms with E-state index in [1.54, 1.807) is 6.33 Å². The number of hydrogen-bond donors (Lipinski definition) is 1. The zero-order chi connectivity index (χ0) is 12.5. The molecule has 5 heteroatoms. The van der Waals surface area contributed by atoms with E-state index in [1.165, 1.54) is 17.7 Å². The third-order valence-corrected chi connectivity index (χ3v) is 3.49. The summed E-state index contributed by atoms with van der Waals surface area (Å²) >= 11 is 0. The second-order valence-electron chi connectivity index (χ2n) is 4.66. The maximum atomic E-state index is 5.15. The molecule has 1 aliphatic rings. The van der Waals surface area contributed by atoms with Crippen LogP contribution in [0.5, 0.6) is 0 Å². The Labute approximate surface area is 106 Å². The Hall–Kier alpha value is -1.91. The Bertz CT molecular complexity index is 557. The lowest BCUT2D eigenvalue weighted by atomic mass is 10.2. The highest BCUT2D eigenvalue weighted by atomic mass is 16.5. The number of aromatic nitrogens is 3. The summed E-state index contributed by atoms with van der Waals surface area (Å²) in [6.07, 6.45) is 4.95. The van der Waals surface area contributed by atoms with Crippen molar-refractivity contribution in [2.75, 3.05) is 5.32 Å². The van der Waals surface area contributed by atoms with Crippen molar-refractivity contribution in [3.8, 4) is 0 Å². The van der Waals surface area contributed by atoms with Gasteiger partial charge in [0.25, 0.3) is 0 Å². The molecular formula is C13H16N4O. The number of nitrogens with zero attached hydrogens (tertiary/aromatic N) is 3. The van der Waals surface area contributed by atoms with Crippen LogP contribution in [0.4, 0.5) is 5.82 Å². The van der Waals surface area contributed by atoms with Crippen molar-refractivity contribution in [3.05, 3.63) is 34.6 Å². The molecule has 0 saturated carbocycles. The van der Waals surface area contributed by atoms with Gasteiger partial charge in [0.1, 0.15) is 17.9 Å². The summed E-state index contributed by atoms with van der Waals surface area (Å²) < 4.78 is 5.15. The summed E-state index contributed by atoms with van der Waals surface area (Å²) in [4.78, 5) is 8.65. The molecule has 0 radical (unpaired) electrons. The first-order valence-corrected chi connectivity index (χ1v) is 6.24. The SMILES string of the molecule is Cc1noc(C)c1CNc1ncnc2c1CCC2. The highest BCUT2D eigenvalue weighted by molar-refractivity contribution is 5.48. The molecule has 0 aliphatic heterocycles. The molecule has 2 aromatic rings. The third-order valence-electron chi connectivity index (χ3n) is 3.49. The predicted octanol–water partition coefficient (Wildman–Crippen LogP) is 2.18. The smallest absolute Gasteiger partial charge is 0.138 e. The predicted molar refractivity (Wildman–Crippen MR) is 67.4 cm³/mol. The van der Waals surface area contributed by atoms with Gasteiger partial charge < -0.3 is 9.84 Å². The average molecular weight is 244 g/mol. The Morgan fingerprint density at radius 3 is 2.94 bits per heavy atom. The highest BCUT2D eigenvalue weighted by Gasteiger charge is 2.17. The standard InChI is InChI=1S/C13H16N4O/c1-8-11(9(2)18-17-8)6-14-13-10-4-3-5-12(10)15-7-16-13/h7H,3-6H2,1-2H3,(H,14,15,16). The van der Waals surface area contributed by atoms with E-state index in [4.69, 9.17) is 4.52 Å². The van der Waals surface area contributed by atoms with Gasteiger partial charge in [-0.2, -0.15) is 0 Å². The van der Waals surface area contributed by atoms with Gasteiger partial charge in [0.2, 0.25) is 0 Å². The van der Waals surface area contributed by atoms with Crippen LogP contribution < -0.4 is 5.32 Å². The molecule has 1 aliphatic carbocycles. The van der Waals surface area contributed by atoms with Crippen molar-refractivity contribution >= 4 is 5.82 Å². The van der Waals surface area contributed by atoms with E-state index in [-0.39, 0.29) is 0 Å². The van der Waals surface area contributed by atoms with Gasteiger partial charge in [0.05, 0.1) is 5.69 Å². The van der Waals surface area contributed by atoms with Gasteiger partial charge in [-0.15, -0.1) is 0 Å². The normalized spacial score (nSPS) is 13.7. The zero-order valence-electron chi connectivity index (χ0n) is 10.7. The molecule has 3 rings (SSSR count). The number of aryl methyl sites for hydroxylation is 3. The van der Waals surface area contributed by atoms with Crippen molar-refractivity contribution in [3.63, 3.8) is 0 Å². The lowest BCUT2D eigenvalue weighted by Crippen LogP contribution is -2.06. The van der Waals surface area contributed by atoms with Crippen molar-refractivity contribution in [1.82, 2.24) is 15.1 Å². The maximum absolute atomic E-state index is 5.15. The van der Waals surface area contributed by atoms with Crippen LogP contribution in [-0.4, -0.2) is 15.1 Å². The molecule has 0 unspecified atom stereocenters. The zero-order valence-corrected chi connectivity index (χ0v) is 10.7. The Balaban J connectivity index is 1.80. The lowest BCUT2D eigenvalue weighted by molar-refractivity contribution is 0.392. The molecule has 0 amide bonds. The molecule has 2 aromatic heterocycles. The minimum atomic E-state index is 0.699. The average Bonchev–Trinajstić information content (AvgIpc) is 2.95. The molecule has 0 atom stereocenters. The van der Waals surface area contributed by atoms with Crippen molar-refractivity contribution in [2.24, 2.45) is 0 Å². The third kappa shape index (κ3) is 1.85. The number of nitrogens with one attached hydrogen (secondary N) is 1. The quantitative estimate of drug-likeness (QED) is 0.896. The second kappa shape index (κ2) is 4.40. The fourth-order valence-corrected chi connectivity index (χ4v) is 2.44. The van der Waals surface area contributed by atoms with E-state index in [0.717, 1.165) is 35.7 Å². The summed E-state index contributed by atoms with van der Waals surface area (Å²) in [7, 11) is 0. The van der Waals surface area contributed by atoms with Crippen LogP contribution in [0.2, 0.25) is 0 Å². The van der Waals surface area contributed by atoms with Crippen LogP contribution in [0, 0.1) is 13.8 Å².